The molecule has 1 heterocycles. The molecule has 1 aromatic rings. The van der Waals surface area contributed by atoms with Crippen LogP contribution in [0.4, 0.5) is 10.8 Å². The van der Waals surface area contributed by atoms with Gasteiger partial charge in [0.05, 0.1) is 13.3 Å². The van der Waals surface area contributed by atoms with Crippen LogP contribution in [-0.2, 0) is 4.74 Å². The molecular formula is C8H11N3O3. The first kappa shape index (κ1) is 10.1. The molecule has 0 bridgehead atoms. The molecule has 1 aromatic heterocycles. The standard InChI is InChI=1S/C8H11N3O3/c1-13-8(12)10-4-2-3-6-5-11-7(9)14-6/h2-3,5H,4H2,1H3,(H2,9,11)(H,10,12). The van der Waals surface area contributed by atoms with Crippen molar-refractivity contribution in [3.05, 3.63) is 18.0 Å². The minimum Gasteiger partial charge on any atom is -0.453 e. The Kier molecular flexibility index (Phi) is 3.54. The van der Waals surface area contributed by atoms with Crippen LogP contribution in [0.2, 0.25) is 0 Å². The Balaban J connectivity index is 2.31. The second-order valence-corrected chi connectivity index (χ2v) is 2.38. The molecule has 0 fully saturated rings. The maximum Gasteiger partial charge on any atom is 0.407 e. The van der Waals surface area contributed by atoms with E-state index in [2.05, 4.69) is 15.0 Å². The highest BCUT2D eigenvalue weighted by molar-refractivity contribution is 5.67. The molecule has 0 aromatic carbocycles. The van der Waals surface area contributed by atoms with E-state index in [1.807, 2.05) is 0 Å². The fourth-order valence-corrected chi connectivity index (χ4v) is 0.767. The zero-order valence-corrected chi connectivity index (χ0v) is 7.69. The van der Waals surface area contributed by atoms with Crippen LogP contribution in [-0.4, -0.2) is 24.7 Å². The Bertz CT molecular complexity index is 332. The summed E-state index contributed by atoms with van der Waals surface area (Å²) in [4.78, 5) is 14.3. The van der Waals surface area contributed by atoms with Gasteiger partial charge in [0.15, 0.2) is 0 Å². The second kappa shape index (κ2) is 4.90. The largest absolute Gasteiger partial charge is 0.453 e. The number of anilines is 1. The van der Waals surface area contributed by atoms with E-state index in [-0.39, 0.29) is 6.01 Å². The van der Waals surface area contributed by atoms with Gasteiger partial charge in [-0.15, -0.1) is 0 Å². The molecule has 6 nitrogen and oxygen atoms in total. The molecule has 0 unspecified atom stereocenters. The van der Waals surface area contributed by atoms with Crippen LogP contribution in [0.1, 0.15) is 5.76 Å². The van der Waals surface area contributed by atoms with Gasteiger partial charge >= 0.3 is 6.09 Å². The summed E-state index contributed by atoms with van der Waals surface area (Å²) in [5.74, 6) is 0.536. The van der Waals surface area contributed by atoms with Gasteiger partial charge in [-0.25, -0.2) is 9.78 Å². The lowest BCUT2D eigenvalue weighted by molar-refractivity contribution is 0.172. The zero-order valence-electron chi connectivity index (χ0n) is 7.69. The van der Waals surface area contributed by atoms with E-state index in [9.17, 15) is 4.79 Å². The Labute approximate surface area is 80.7 Å². The maximum absolute atomic E-state index is 10.6. The van der Waals surface area contributed by atoms with Crippen molar-refractivity contribution in [1.82, 2.24) is 10.3 Å². The number of carbonyl (C=O) groups excluding carboxylic acids is 1. The Morgan fingerprint density at radius 2 is 2.64 bits per heavy atom. The van der Waals surface area contributed by atoms with Crippen molar-refractivity contribution in [2.45, 2.75) is 0 Å². The van der Waals surface area contributed by atoms with E-state index in [1.54, 1.807) is 12.2 Å². The normalized spacial score (nSPS) is 10.4. The van der Waals surface area contributed by atoms with Gasteiger partial charge in [-0.2, -0.15) is 0 Å². The summed E-state index contributed by atoms with van der Waals surface area (Å²) in [7, 11) is 1.30. The summed E-state index contributed by atoms with van der Waals surface area (Å²) in [5.41, 5.74) is 5.25. The number of nitrogen functional groups attached to an aromatic ring is 1. The second-order valence-electron chi connectivity index (χ2n) is 2.38. The average molecular weight is 197 g/mol. The van der Waals surface area contributed by atoms with Gasteiger partial charge in [0.1, 0.15) is 5.76 Å². The van der Waals surface area contributed by atoms with E-state index in [0.29, 0.717) is 12.3 Å². The number of aromatic nitrogens is 1. The molecule has 0 aliphatic rings. The third-order valence-electron chi connectivity index (χ3n) is 1.37. The number of amides is 1. The highest BCUT2D eigenvalue weighted by Crippen LogP contribution is 2.05. The van der Waals surface area contributed by atoms with Crippen molar-refractivity contribution in [2.24, 2.45) is 0 Å². The first-order valence-electron chi connectivity index (χ1n) is 3.92. The van der Waals surface area contributed by atoms with Gasteiger partial charge < -0.3 is 20.2 Å². The predicted molar refractivity (Wildman–Crippen MR) is 50.4 cm³/mol. The quantitative estimate of drug-likeness (QED) is 0.741. The first-order chi connectivity index (χ1) is 6.72. The number of carbonyl (C=O) groups is 1. The van der Waals surface area contributed by atoms with Crippen LogP contribution in [0.15, 0.2) is 16.7 Å². The lowest BCUT2D eigenvalue weighted by Gasteiger charge is -1.97. The molecule has 6 heteroatoms. The summed E-state index contributed by atoms with van der Waals surface area (Å²) >= 11 is 0. The highest BCUT2D eigenvalue weighted by atomic mass is 16.5. The fraction of sp³-hybridized carbons (Fsp3) is 0.250. The minimum atomic E-state index is -0.480. The molecule has 0 spiro atoms. The van der Waals surface area contributed by atoms with Crippen LogP contribution in [0.3, 0.4) is 0 Å². The van der Waals surface area contributed by atoms with E-state index in [0.717, 1.165) is 0 Å². The molecule has 0 atom stereocenters. The van der Waals surface area contributed by atoms with Crippen molar-refractivity contribution in [1.29, 1.82) is 0 Å². The number of nitrogens with zero attached hydrogens (tertiary/aromatic N) is 1. The lowest BCUT2D eigenvalue weighted by atomic mass is 10.4. The van der Waals surface area contributed by atoms with Crippen LogP contribution in [0.5, 0.6) is 0 Å². The minimum absolute atomic E-state index is 0.116. The summed E-state index contributed by atoms with van der Waals surface area (Å²) in [5, 5.41) is 2.47. The molecule has 76 valence electrons. The SMILES string of the molecule is COC(=O)NCC=Cc1cnc(N)o1. The van der Waals surface area contributed by atoms with Gasteiger partial charge in [-0.3, -0.25) is 0 Å². The number of hydrogen-bond donors (Lipinski definition) is 2. The van der Waals surface area contributed by atoms with E-state index in [4.69, 9.17) is 10.2 Å². The zero-order chi connectivity index (χ0) is 10.4. The third kappa shape index (κ3) is 3.18. The van der Waals surface area contributed by atoms with Crippen LogP contribution < -0.4 is 11.1 Å². The molecule has 0 saturated heterocycles. The fourth-order valence-electron chi connectivity index (χ4n) is 0.767. The van der Waals surface area contributed by atoms with E-state index in [1.165, 1.54) is 13.3 Å². The van der Waals surface area contributed by atoms with Crippen molar-refractivity contribution in [3.8, 4) is 0 Å². The molecule has 1 amide bonds. The Hall–Kier alpha value is -1.98. The van der Waals surface area contributed by atoms with Crippen molar-refractivity contribution < 1.29 is 13.9 Å². The number of nitrogens with one attached hydrogen (secondary N) is 1. The molecule has 14 heavy (non-hydrogen) atoms. The van der Waals surface area contributed by atoms with Crippen LogP contribution in [0.25, 0.3) is 6.08 Å². The summed E-state index contributed by atoms with van der Waals surface area (Å²) in [6.07, 6.45) is 4.35. The summed E-state index contributed by atoms with van der Waals surface area (Å²) in [6, 6.07) is 0.116. The summed E-state index contributed by atoms with van der Waals surface area (Å²) in [6.45, 7) is 0.354. The number of methoxy groups -OCH3 is 1. The number of hydrogen-bond acceptors (Lipinski definition) is 5. The van der Waals surface area contributed by atoms with Gasteiger partial charge in [-0.05, 0) is 6.08 Å². The number of ether oxygens (including phenoxy) is 1. The Morgan fingerprint density at radius 3 is 3.21 bits per heavy atom. The van der Waals surface area contributed by atoms with Crippen molar-refractivity contribution in [3.63, 3.8) is 0 Å². The van der Waals surface area contributed by atoms with Gasteiger partial charge in [-0.1, -0.05) is 6.08 Å². The smallest absolute Gasteiger partial charge is 0.407 e. The number of nitrogens with two attached hydrogens (primary N) is 1. The van der Waals surface area contributed by atoms with E-state index < -0.39 is 6.09 Å². The van der Waals surface area contributed by atoms with Gasteiger partial charge in [0.2, 0.25) is 0 Å². The van der Waals surface area contributed by atoms with Crippen molar-refractivity contribution >= 4 is 18.2 Å². The molecular weight excluding hydrogens is 186 g/mol. The number of oxazole rings is 1. The lowest BCUT2D eigenvalue weighted by Crippen LogP contribution is -2.22. The Morgan fingerprint density at radius 1 is 1.86 bits per heavy atom. The predicted octanol–water partition coefficient (Wildman–Crippen LogP) is 0.626. The maximum atomic E-state index is 10.6. The molecule has 0 aliphatic heterocycles. The molecule has 3 N–H and O–H groups in total. The van der Waals surface area contributed by atoms with Gasteiger partial charge in [0, 0.05) is 6.54 Å². The number of alkyl carbamates (subject to hydrolysis) is 1. The average Bonchev–Trinajstić information content (AvgIpc) is 2.58. The van der Waals surface area contributed by atoms with Crippen LogP contribution in [0, 0.1) is 0 Å². The number of rotatable bonds is 3. The van der Waals surface area contributed by atoms with E-state index >= 15 is 0 Å². The topological polar surface area (TPSA) is 90.4 Å². The monoisotopic (exact) mass is 197 g/mol. The van der Waals surface area contributed by atoms with Crippen LogP contribution >= 0.6 is 0 Å². The molecule has 0 aliphatic carbocycles. The summed E-state index contributed by atoms with van der Waals surface area (Å²) < 4.78 is 9.32. The first-order valence-corrected chi connectivity index (χ1v) is 3.92. The highest BCUT2D eigenvalue weighted by Gasteiger charge is 1.95. The molecule has 1 rings (SSSR count). The third-order valence-corrected chi connectivity index (χ3v) is 1.37. The van der Waals surface area contributed by atoms with Crippen molar-refractivity contribution in [2.75, 3.05) is 19.4 Å². The molecule has 0 radical (unpaired) electrons. The van der Waals surface area contributed by atoms with Gasteiger partial charge in [0.25, 0.3) is 6.01 Å². The molecule has 0 saturated carbocycles.